The van der Waals surface area contributed by atoms with Crippen LogP contribution in [-0.4, -0.2) is 60.5 Å². The quantitative estimate of drug-likeness (QED) is 0.516. The van der Waals surface area contributed by atoms with Crippen LogP contribution < -0.4 is 10.1 Å². The normalized spacial score (nSPS) is 24.8. The molecule has 0 spiro atoms. The lowest BCUT2D eigenvalue weighted by Gasteiger charge is -2.42. The standard InChI is InChI=1S/C26H34FNO6/c1-15(2)12-22-25(32-4)23(30)24(31)26(34-22)33-20-9-8-17(10-11-28-16(3)29)21(14-20)18-6-5-7-19(27)13-18/h5-9,13-15,22-26,30-31H,10-12H2,1-4H3,(H,28,29)/t22-,23+,24-,25+,26+/m1/s1. The zero-order chi connectivity index (χ0) is 24.8. The lowest BCUT2D eigenvalue weighted by atomic mass is 9.93. The summed E-state index contributed by atoms with van der Waals surface area (Å²) < 4.78 is 31.3. The van der Waals surface area contributed by atoms with Crippen LogP contribution in [0.1, 0.15) is 32.8 Å². The van der Waals surface area contributed by atoms with Gasteiger partial charge in [0.05, 0.1) is 6.10 Å². The minimum absolute atomic E-state index is 0.125. The molecule has 1 saturated heterocycles. The predicted octanol–water partition coefficient (Wildman–Crippen LogP) is 3.06. The van der Waals surface area contributed by atoms with Gasteiger partial charge in [-0.15, -0.1) is 0 Å². The fraction of sp³-hybridized carbons (Fsp3) is 0.500. The number of amides is 1. The Labute approximate surface area is 199 Å². The number of nitrogens with one attached hydrogen (secondary N) is 1. The van der Waals surface area contributed by atoms with Gasteiger partial charge in [0.25, 0.3) is 0 Å². The third-order valence-corrected chi connectivity index (χ3v) is 5.85. The number of benzene rings is 2. The van der Waals surface area contributed by atoms with Crippen LogP contribution >= 0.6 is 0 Å². The maximum Gasteiger partial charge on any atom is 0.229 e. The lowest BCUT2D eigenvalue weighted by Crippen LogP contribution is -2.59. The molecule has 3 N–H and O–H groups in total. The van der Waals surface area contributed by atoms with E-state index in [9.17, 15) is 19.4 Å². The van der Waals surface area contributed by atoms with E-state index in [1.807, 2.05) is 19.9 Å². The van der Waals surface area contributed by atoms with Crippen LogP contribution in [0, 0.1) is 11.7 Å². The summed E-state index contributed by atoms with van der Waals surface area (Å²) in [6.07, 6.45) is -3.55. The monoisotopic (exact) mass is 475 g/mol. The number of aliphatic hydroxyl groups is 2. The van der Waals surface area contributed by atoms with Crippen molar-refractivity contribution in [2.75, 3.05) is 13.7 Å². The minimum Gasteiger partial charge on any atom is -0.462 e. The summed E-state index contributed by atoms with van der Waals surface area (Å²) >= 11 is 0. The van der Waals surface area contributed by atoms with Crippen LogP contribution in [0.4, 0.5) is 4.39 Å². The molecule has 0 aliphatic carbocycles. The van der Waals surface area contributed by atoms with Crippen molar-refractivity contribution < 1.29 is 33.6 Å². The first kappa shape index (κ1) is 26.1. The summed E-state index contributed by atoms with van der Waals surface area (Å²) in [5, 5.41) is 24.0. The molecular weight excluding hydrogens is 441 g/mol. The number of carbonyl (C=O) groups excluding carboxylic acids is 1. The minimum atomic E-state index is -1.31. The second kappa shape index (κ2) is 11.8. The summed E-state index contributed by atoms with van der Waals surface area (Å²) in [5.41, 5.74) is 2.29. The molecule has 0 radical (unpaired) electrons. The second-order valence-electron chi connectivity index (χ2n) is 9.03. The zero-order valence-electron chi connectivity index (χ0n) is 20.0. The summed E-state index contributed by atoms with van der Waals surface area (Å²) in [7, 11) is 1.48. The highest BCUT2D eigenvalue weighted by molar-refractivity contribution is 5.73. The van der Waals surface area contributed by atoms with Gasteiger partial charge in [0, 0.05) is 20.6 Å². The number of hydrogen-bond acceptors (Lipinski definition) is 6. The van der Waals surface area contributed by atoms with Crippen molar-refractivity contribution in [3.63, 3.8) is 0 Å². The van der Waals surface area contributed by atoms with Gasteiger partial charge in [-0.1, -0.05) is 32.0 Å². The first-order chi connectivity index (χ1) is 16.2. The molecule has 1 heterocycles. The first-order valence-electron chi connectivity index (χ1n) is 11.5. The largest absolute Gasteiger partial charge is 0.462 e. The number of ether oxygens (including phenoxy) is 3. The molecule has 3 rings (SSSR count). The smallest absolute Gasteiger partial charge is 0.229 e. The lowest BCUT2D eigenvalue weighted by molar-refractivity contribution is -0.279. The van der Waals surface area contributed by atoms with E-state index in [-0.39, 0.29) is 17.6 Å². The van der Waals surface area contributed by atoms with E-state index in [4.69, 9.17) is 14.2 Å². The summed E-state index contributed by atoms with van der Waals surface area (Å²) in [5.74, 6) is 0.193. The Hall–Kier alpha value is -2.52. The highest BCUT2D eigenvalue weighted by atomic mass is 19.1. The van der Waals surface area contributed by atoms with Gasteiger partial charge in [0.1, 0.15) is 29.9 Å². The highest BCUT2D eigenvalue weighted by Crippen LogP contribution is 2.32. The van der Waals surface area contributed by atoms with E-state index in [0.717, 1.165) is 11.1 Å². The molecule has 7 nitrogen and oxygen atoms in total. The number of methoxy groups -OCH3 is 1. The molecule has 1 amide bonds. The second-order valence-corrected chi connectivity index (χ2v) is 9.03. The molecular formula is C26H34FNO6. The Balaban J connectivity index is 1.87. The van der Waals surface area contributed by atoms with Crippen LogP contribution in [0.2, 0.25) is 0 Å². The van der Waals surface area contributed by atoms with Gasteiger partial charge in [-0.25, -0.2) is 4.39 Å². The Morgan fingerprint density at radius 2 is 1.94 bits per heavy atom. The van der Waals surface area contributed by atoms with Gasteiger partial charge < -0.3 is 29.7 Å². The van der Waals surface area contributed by atoms with Crippen LogP contribution in [0.25, 0.3) is 11.1 Å². The number of rotatable bonds is 9. The van der Waals surface area contributed by atoms with Gasteiger partial charge in [-0.3, -0.25) is 4.79 Å². The van der Waals surface area contributed by atoms with Crippen LogP contribution in [0.15, 0.2) is 42.5 Å². The van der Waals surface area contributed by atoms with Gasteiger partial charge in [0.2, 0.25) is 12.2 Å². The molecule has 1 fully saturated rings. The van der Waals surface area contributed by atoms with Crippen LogP contribution in [-0.2, 0) is 20.7 Å². The van der Waals surface area contributed by atoms with E-state index >= 15 is 0 Å². The molecule has 34 heavy (non-hydrogen) atoms. The number of carbonyl (C=O) groups is 1. The van der Waals surface area contributed by atoms with Crippen molar-refractivity contribution in [1.29, 1.82) is 0 Å². The zero-order valence-corrected chi connectivity index (χ0v) is 20.0. The van der Waals surface area contributed by atoms with E-state index < -0.39 is 30.7 Å². The molecule has 0 bridgehead atoms. The van der Waals surface area contributed by atoms with E-state index in [1.165, 1.54) is 26.2 Å². The van der Waals surface area contributed by atoms with Gasteiger partial charge in [-0.05, 0) is 59.7 Å². The SMILES string of the molecule is CO[C@@H]1[C@@H](O)[C@@H](O)[C@@H](Oc2ccc(CCNC(C)=O)c(-c3cccc(F)c3)c2)O[C@@H]1CC(C)C. The van der Waals surface area contributed by atoms with Crippen molar-refractivity contribution in [1.82, 2.24) is 5.32 Å². The van der Waals surface area contributed by atoms with Crippen molar-refractivity contribution in [2.24, 2.45) is 5.92 Å². The topological polar surface area (TPSA) is 97.3 Å². The maximum atomic E-state index is 13.9. The van der Waals surface area contributed by atoms with Gasteiger partial charge >= 0.3 is 0 Å². The number of aliphatic hydroxyl groups excluding tert-OH is 2. The summed E-state index contributed by atoms with van der Waals surface area (Å²) in [6, 6.07) is 11.5. The Kier molecular flexibility index (Phi) is 9.02. The Bertz CT molecular complexity index is 968. The molecule has 2 aromatic rings. The van der Waals surface area contributed by atoms with E-state index in [2.05, 4.69) is 5.32 Å². The third kappa shape index (κ3) is 6.54. The maximum absolute atomic E-state index is 13.9. The molecule has 1 aliphatic rings. The first-order valence-corrected chi connectivity index (χ1v) is 11.5. The van der Waals surface area contributed by atoms with Crippen LogP contribution in [0.5, 0.6) is 5.75 Å². The Morgan fingerprint density at radius 3 is 2.59 bits per heavy atom. The molecule has 2 aromatic carbocycles. The van der Waals surface area contributed by atoms with Crippen molar-refractivity contribution in [3.05, 3.63) is 53.8 Å². The average Bonchev–Trinajstić information content (AvgIpc) is 2.77. The molecule has 186 valence electrons. The van der Waals surface area contributed by atoms with Gasteiger partial charge in [0.15, 0.2) is 0 Å². The fourth-order valence-corrected chi connectivity index (χ4v) is 4.23. The average molecular weight is 476 g/mol. The van der Waals surface area contributed by atoms with E-state index in [1.54, 1.807) is 24.3 Å². The molecule has 8 heteroatoms. The highest BCUT2D eigenvalue weighted by Gasteiger charge is 2.46. The third-order valence-electron chi connectivity index (χ3n) is 5.85. The van der Waals surface area contributed by atoms with Gasteiger partial charge in [-0.2, -0.15) is 0 Å². The molecule has 0 saturated carbocycles. The predicted molar refractivity (Wildman–Crippen MR) is 126 cm³/mol. The van der Waals surface area contributed by atoms with Crippen LogP contribution in [0.3, 0.4) is 0 Å². The number of hydrogen-bond donors (Lipinski definition) is 3. The summed E-state index contributed by atoms with van der Waals surface area (Å²) in [4.78, 5) is 11.3. The number of halogens is 1. The van der Waals surface area contributed by atoms with Crippen molar-refractivity contribution in [2.45, 2.75) is 64.3 Å². The molecule has 1 aliphatic heterocycles. The molecule has 0 unspecified atom stereocenters. The van der Waals surface area contributed by atoms with Crippen molar-refractivity contribution >= 4 is 5.91 Å². The molecule has 5 atom stereocenters. The van der Waals surface area contributed by atoms with E-state index in [0.29, 0.717) is 30.7 Å². The van der Waals surface area contributed by atoms with Crippen molar-refractivity contribution in [3.8, 4) is 16.9 Å². The fourth-order valence-electron chi connectivity index (χ4n) is 4.23. The molecule has 0 aromatic heterocycles. The Morgan fingerprint density at radius 1 is 1.18 bits per heavy atom. The summed E-state index contributed by atoms with van der Waals surface area (Å²) in [6.45, 7) is 5.96.